The third-order valence-electron chi connectivity index (χ3n) is 2.54. The highest BCUT2D eigenvalue weighted by atomic mass is 35.5. The summed E-state index contributed by atoms with van der Waals surface area (Å²) in [5.74, 6) is -2.00. The average Bonchev–Trinajstić information content (AvgIpc) is 2.37. The first-order valence-electron chi connectivity index (χ1n) is 5.20. The fraction of sp³-hybridized carbons (Fsp3) is 0.167. The van der Waals surface area contributed by atoms with E-state index in [9.17, 15) is 22.4 Å². The minimum Gasteiger partial charge on any atom is -0.465 e. The van der Waals surface area contributed by atoms with E-state index in [-0.39, 0.29) is 10.9 Å². The molecule has 1 aromatic heterocycles. The smallest absolute Gasteiger partial charge is 0.434 e. The van der Waals surface area contributed by atoms with Crippen LogP contribution in [-0.2, 0) is 10.9 Å². The van der Waals surface area contributed by atoms with Crippen molar-refractivity contribution >= 4 is 28.5 Å². The molecule has 1 heterocycles. The topological polar surface area (TPSA) is 39.2 Å². The number of rotatable bonds is 1. The number of alkyl halides is 3. The average molecular weight is 308 g/mol. The SMILES string of the molecule is COC(=O)c1c(C(F)(F)F)nc2ccc(F)cc2c1Cl. The van der Waals surface area contributed by atoms with Crippen LogP contribution in [-0.4, -0.2) is 18.1 Å². The number of halogens is 5. The first-order valence-corrected chi connectivity index (χ1v) is 5.57. The first-order chi connectivity index (χ1) is 9.25. The van der Waals surface area contributed by atoms with Gasteiger partial charge in [-0.1, -0.05) is 11.6 Å². The van der Waals surface area contributed by atoms with E-state index in [0.29, 0.717) is 0 Å². The molecule has 0 N–H and O–H groups in total. The number of fused-ring (bicyclic) bond motifs is 1. The molecule has 0 spiro atoms. The molecule has 0 aliphatic carbocycles. The summed E-state index contributed by atoms with van der Waals surface area (Å²) in [6.07, 6.45) is -4.89. The summed E-state index contributed by atoms with van der Waals surface area (Å²) in [4.78, 5) is 14.8. The highest BCUT2D eigenvalue weighted by Gasteiger charge is 2.39. The molecule has 0 bridgehead atoms. The monoisotopic (exact) mass is 307 g/mol. The first kappa shape index (κ1) is 14.5. The van der Waals surface area contributed by atoms with Crippen molar-refractivity contribution in [2.24, 2.45) is 0 Å². The van der Waals surface area contributed by atoms with E-state index < -0.39 is 34.2 Å². The van der Waals surface area contributed by atoms with Gasteiger partial charge in [0.25, 0.3) is 0 Å². The van der Waals surface area contributed by atoms with Crippen molar-refractivity contribution in [1.29, 1.82) is 0 Å². The van der Waals surface area contributed by atoms with E-state index in [2.05, 4.69) is 9.72 Å². The predicted octanol–water partition coefficient (Wildman–Crippen LogP) is 3.83. The lowest BCUT2D eigenvalue weighted by molar-refractivity contribution is -0.141. The molecular formula is C12H6ClF4NO2. The number of carbonyl (C=O) groups excluding carboxylic acids is 1. The summed E-state index contributed by atoms with van der Waals surface area (Å²) in [5.41, 5.74) is -2.57. The Morgan fingerprint density at radius 1 is 1.35 bits per heavy atom. The lowest BCUT2D eigenvalue weighted by Gasteiger charge is -2.14. The Hall–Kier alpha value is -1.89. The normalized spacial score (nSPS) is 11.7. The van der Waals surface area contributed by atoms with Crippen LogP contribution >= 0.6 is 11.6 Å². The number of hydrogen-bond acceptors (Lipinski definition) is 3. The van der Waals surface area contributed by atoms with Crippen molar-refractivity contribution in [3.8, 4) is 0 Å². The van der Waals surface area contributed by atoms with Gasteiger partial charge in [0.15, 0.2) is 5.69 Å². The Morgan fingerprint density at radius 3 is 2.55 bits per heavy atom. The maximum atomic E-state index is 13.1. The van der Waals surface area contributed by atoms with Crippen LogP contribution in [0.3, 0.4) is 0 Å². The van der Waals surface area contributed by atoms with Gasteiger partial charge in [0.2, 0.25) is 0 Å². The molecule has 2 rings (SSSR count). The highest BCUT2D eigenvalue weighted by molar-refractivity contribution is 6.38. The van der Waals surface area contributed by atoms with Crippen molar-refractivity contribution in [1.82, 2.24) is 4.98 Å². The number of nitrogens with zero attached hydrogens (tertiary/aromatic N) is 1. The van der Waals surface area contributed by atoms with Crippen LogP contribution in [0.1, 0.15) is 16.1 Å². The standard InChI is InChI=1S/C12H6ClF4NO2/c1-20-11(19)8-9(13)6-4-5(14)2-3-7(6)18-10(8)12(15,16)17/h2-4H,1H3. The van der Waals surface area contributed by atoms with Crippen molar-refractivity contribution < 1.29 is 27.1 Å². The molecule has 3 nitrogen and oxygen atoms in total. The van der Waals surface area contributed by atoms with Gasteiger partial charge in [-0.25, -0.2) is 14.2 Å². The van der Waals surface area contributed by atoms with Crippen molar-refractivity contribution in [3.63, 3.8) is 0 Å². The summed E-state index contributed by atoms with van der Waals surface area (Å²) in [5, 5.41) is -0.645. The van der Waals surface area contributed by atoms with Gasteiger partial charge in [-0.15, -0.1) is 0 Å². The number of aromatic nitrogens is 1. The van der Waals surface area contributed by atoms with E-state index in [4.69, 9.17) is 11.6 Å². The number of esters is 1. The van der Waals surface area contributed by atoms with E-state index in [0.717, 1.165) is 25.3 Å². The summed E-state index contributed by atoms with van der Waals surface area (Å²) in [6.45, 7) is 0. The number of pyridine rings is 1. The van der Waals surface area contributed by atoms with Crippen LogP contribution in [0.15, 0.2) is 18.2 Å². The summed E-state index contributed by atoms with van der Waals surface area (Å²) in [6, 6.07) is 2.90. The molecule has 2 aromatic rings. The minimum atomic E-state index is -4.89. The van der Waals surface area contributed by atoms with E-state index in [1.54, 1.807) is 0 Å². The van der Waals surface area contributed by atoms with Gasteiger partial charge in [0.1, 0.15) is 11.4 Å². The maximum absolute atomic E-state index is 13.1. The minimum absolute atomic E-state index is 0.0972. The van der Waals surface area contributed by atoms with Gasteiger partial charge in [0.05, 0.1) is 17.6 Å². The fourth-order valence-corrected chi connectivity index (χ4v) is 2.01. The zero-order chi connectivity index (χ0) is 15.1. The molecule has 0 saturated heterocycles. The Morgan fingerprint density at radius 2 is 2.00 bits per heavy atom. The number of ether oxygens (including phenoxy) is 1. The van der Waals surface area contributed by atoms with Gasteiger partial charge < -0.3 is 4.74 Å². The second kappa shape index (κ2) is 4.90. The molecule has 0 aliphatic heterocycles. The Kier molecular flexibility index (Phi) is 3.56. The van der Waals surface area contributed by atoms with Gasteiger partial charge in [-0.2, -0.15) is 13.2 Å². The molecule has 8 heteroatoms. The number of carbonyl (C=O) groups is 1. The molecule has 0 radical (unpaired) electrons. The Balaban J connectivity index is 2.91. The Labute approximate surface area is 115 Å². The molecule has 0 fully saturated rings. The van der Waals surface area contributed by atoms with Crippen molar-refractivity contribution in [2.45, 2.75) is 6.18 Å². The quantitative estimate of drug-likeness (QED) is 0.593. The van der Waals surface area contributed by atoms with E-state index in [1.165, 1.54) is 0 Å². The lowest BCUT2D eigenvalue weighted by atomic mass is 10.1. The molecule has 106 valence electrons. The van der Waals surface area contributed by atoms with Crippen molar-refractivity contribution in [3.05, 3.63) is 40.3 Å². The van der Waals surface area contributed by atoms with Crippen LogP contribution in [0, 0.1) is 5.82 Å². The van der Waals surface area contributed by atoms with Crippen LogP contribution in [0.2, 0.25) is 5.02 Å². The summed E-state index contributed by atoms with van der Waals surface area (Å²) >= 11 is 5.79. The van der Waals surface area contributed by atoms with Crippen LogP contribution in [0.4, 0.5) is 17.6 Å². The molecule has 0 atom stereocenters. The third-order valence-corrected chi connectivity index (χ3v) is 2.93. The van der Waals surface area contributed by atoms with Crippen LogP contribution in [0.5, 0.6) is 0 Å². The fourth-order valence-electron chi connectivity index (χ4n) is 1.69. The van der Waals surface area contributed by atoms with Crippen molar-refractivity contribution in [2.75, 3.05) is 7.11 Å². The molecular weight excluding hydrogens is 302 g/mol. The summed E-state index contributed by atoms with van der Waals surface area (Å²) in [7, 11) is 0.911. The molecule has 0 saturated carbocycles. The molecule has 0 amide bonds. The predicted molar refractivity (Wildman–Crippen MR) is 63.1 cm³/mol. The molecule has 20 heavy (non-hydrogen) atoms. The lowest BCUT2D eigenvalue weighted by Crippen LogP contribution is -2.17. The summed E-state index contributed by atoms with van der Waals surface area (Å²) < 4.78 is 56.2. The largest absolute Gasteiger partial charge is 0.465 e. The van der Waals surface area contributed by atoms with Gasteiger partial charge in [0, 0.05) is 5.39 Å². The van der Waals surface area contributed by atoms with Crippen LogP contribution < -0.4 is 0 Å². The van der Waals surface area contributed by atoms with E-state index in [1.807, 2.05) is 0 Å². The van der Waals surface area contributed by atoms with Crippen LogP contribution in [0.25, 0.3) is 10.9 Å². The van der Waals surface area contributed by atoms with Gasteiger partial charge in [-0.3, -0.25) is 0 Å². The number of hydrogen-bond donors (Lipinski definition) is 0. The third kappa shape index (κ3) is 2.40. The zero-order valence-corrected chi connectivity index (χ0v) is 10.6. The molecule has 0 unspecified atom stereocenters. The maximum Gasteiger partial charge on any atom is 0.434 e. The molecule has 0 aliphatic rings. The Bertz CT molecular complexity index is 700. The second-order valence-corrected chi connectivity index (χ2v) is 4.18. The van der Waals surface area contributed by atoms with E-state index >= 15 is 0 Å². The number of benzene rings is 1. The van der Waals surface area contributed by atoms with Gasteiger partial charge in [-0.05, 0) is 18.2 Å². The molecule has 1 aromatic carbocycles. The zero-order valence-electron chi connectivity index (χ0n) is 9.89. The second-order valence-electron chi connectivity index (χ2n) is 3.80. The highest BCUT2D eigenvalue weighted by Crippen LogP contribution is 2.37. The number of methoxy groups -OCH3 is 1. The van der Waals surface area contributed by atoms with Gasteiger partial charge >= 0.3 is 12.1 Å².